The molecule has 2 rings (SSSR count). The third-order valence-electron chi connectivity index (χ3n) is 2.59. The topological polar surface area (TPSA) is 38.3 Å². The van der Waals surface area contributed by atoms with E-state index in [1.165, 1.54) is 0 Å². The summed E-state index contributed by atoms with van der Waals surface area (Å²) in [6.07, 6.45) is 1.61. The lowest BCUT2D eigenvalue weighted by molar-refractivity contribution is -0.130. The number of amides is 1. The Labute approximate surface area is 95.8 Å². The van der Waals surface area contributed by atoms with Gasteiger partial charge in [-0.05, 0) is 26.0 Å². The predicted octanol–water partition coefficient (Wildman–Crippen LogP) is 2.12. The molecule has 3 heteroatoms. The first-order chi connectivity index (χ1) is 7.62. The minimum atomic E-state index is -0.606. The molecule has 86 valence electrons. The van der Waals surface area contributed by atoms with E-state index in [1.54, 1.807) is 0 Å². The largest absolute Gasteiger partial charge is 0.477 e. The van der Waals surface area contributed by atoms with Crippen molar-refractivity contribution in [2.75, 3.05) is 0 Å². The lowest BCUT2D eigenvalue weighted by Crippen LogP contribution is -2.43. The van der Waals surface area contributed by atoms with Crippen molar-refractivity contribution in [3.8, 4) is 5.75 Å². The molecule has 3 nitrogen and oxygen atoms in total. The molecule has 1 fully saturated rings. The Kier molecular flexibility index (Phi) is 2.86. The standard InChI is InChI=1S/C13H17NO2/c1-10(2)14-12(15)13(8-9-13)16-11-6-4-3-5-7-11/h3-7,10H,8-9H2,1-2H3,(H,14,15). The fourth-order valence-electron chi connectivity index (χ4n) is 1.60. The van der Waals surface area contributed by atoms with Crippen molar-refractivity contribution in [3.05, 3.63) is 30.3 Å². The van der Waals surface area contributed by atoms with Gasteiger partial charge in [-0.3, -0.25) is 4.79 Å². The zero-order chi connectivity index (χ0) is 11.6. The van der Waals surface area contributed by atoms with E-state index in [9.17, 15) is 4.79 Å². The first-order valence-corrected chi connectivity index (χ1v) is 5.67. The molecule has 0 radical (unpaired) electrons. The summed E-state index contributed by atoms with van der Waals surface area (Å²) in [4.78, 5) is 11.9. The number of nitrogens with one attached hydrogen (secondary N) is 1. The van der Waals surface area contributed by atoms with Crippen molar-refractivity contribution < 1.29 is 9.53 Å². The van der Waals surface area contributed by atoms with Crippen LogP contribution in [0.2, 0.25) is 0 Å². The van der Waals surface area contributed by atoms with E-state index in [1.807, 2.05) is 44.2 Å². The van der Waals surface area contributed by atoms with Crippen molar-refractivity contribution in [1.82, 2.24) is 5.32 Å². The summed E-state index contributed by atoms with van der Waals surface area (Å²) in [7, 11) is 0. The van der Waals surface area contributed by atoms with Gasteiger partial charge >= 0.3 is 0 Å². The monoisotopic (exact) mass is 219 g/mol. The van der Waals surface area contributed by atoms with Crippen molar-refractivity contribution in [3.63, 3.8) is 0 Å². The Balaban J connectivity index is 2.01. The first-order valence-electron chi connectivity index (χ1n) is 5.67. The maximum absolute atomic E-state index is 11.9. The van der Waals surface area contributed by atoms with Gasteiger partial charge in [0.15, 0.2) is 5.60 Å². The first kappa shape index (κ1) is 11.0. The number of rotatable bonds is 4. The number of carbonyl (C=O) groups is 1. The van der Waals surface area contributed by atoms with Gasteiger partial charge < -0.3 is 10.1 Å². The zero-order valence-electron chi connectivity index (χ0n) is 9.69. The molecule has 1 saturated carbocycles. The Bertz CT molecular complexity index is 369. The van der Waals surface area contributed by atoms with Gasteiger partial charge in [-0.2, -0.15) is 0 Å². The van der Waals surface area contributed by atoms with Crippen LogP contribution in [0.4, 0.5) is 0 Å². The van der Waals surface area contributed by atoms with Crippen LogP contribution < -0.4 is 10.1 Å². The molecule has 1 aromatic rings. The highest BCUT2D eigenvalue weighted by Gasteiger charge is 2.53. The highest BCUT2D eigenvalue weighted by Crippen LogP contribution is 2.40. The summed E-state index contributed by atoms with van der Waals surface area (Å²) in [5, 5.41) is 2.90. The average molecular weight is 219 g/mol. The normalized spacial score (nSPS) is 16.9. The van der Waals surface area contributed by atoms with Crippen LogP contribution in [0.3, 0.4) is 0 Å². The molecule has 0 atom stereocenters. The Morgan fingerprint density at radius 1 is 1.31 bits per heavy atom. The van der Waals surface area contributed by atoms with Crippen LogP contribution in [0.1, 0.15) is 26.7 Å². The van der Waals surface area contributed by atoms with E-state index in [2.05, 4.69) is 5.32 Å². The van der Waals surface area contributed by atoms with E-state index >= 15 is 0 Å². The van der Waals surface area contributed by atoms with Crippen LogP contribution in [-0.2, 0) is 4.79 Å². The summed E-state index contributed by atoms with van der Waals surface area (Å²) >= 11 is 0. The molecule has 0 saturated heterocycles. The van der Waals surface area contributed by atoms with Crippen LogP contribution in [0, 0.1) is 0 Å². The second kappa shape index (κ2) is 4.16. The minimum Gasteiger partial charge on any atom is -0.477 e. The lowest BCUT2D eigenvalue weighted by atomic mass is 10.2. The highest BCUT2D eigenvalue weighted by atomic mass is 16.5. The number of hydrogen-bond acceptors (Lipinski definition) is 2. The van der Waals surface area contributed by atoms with Gasteiger partial charge in [-0.25, -0.2) is 0 Å². The van der Waals surface area contributed by atoms with E-state index < -0.39 is 5.60 Å². The van der Waals surface area contributed by atoms with Crippen LogP contribution in [0.25, 0.3) is 0 Å². The van der Waals surface area contributed by atoms with E-state index in [0.717, 1.165) is 18.6 Å². The molecule has 1 amide bonds. The number of para-hydroxylation sites is 1. The summed E-state index contributed by atoms with van der Waals surface area (Å²) in [6, 6.07) is 9.66. The molecule has 1 aliphatic carbocycles. The van der Waals surface area contributed by atoms with Gasteiger partial charge in [0.2, 0.25) is 0 Å². The Morgan fingerprint density at radius 2 is 1.94 bits per heavy atom. The zero-order valence-corrected chi connectivity index (χ0v) is 9.69. The fraction of sp³-hybridized carbons (Fsp3) is 0.462. The van der Waals surface area contributed by atoms with E-state index in [-0.39, 0.29) is 11.9 Å². The third-order valence-corrected chi connectivity index (χ3v) is 2.59. The number of ether oxygens (including phenoxy) is 1. The second-order valence-electron chi connectivity index (χ2n) is 4.54. The molecule has 0 aromatic heterocycles. The Morgan fingerprint density at radius 3 is 2.44 bits per heavy atom. The summed E-state index contributed by atoms with van der Waals surface area (Å²) < 4.78 is 5.76. The van der Waals surface area contributed by atoms with Gasteiger partial charge in [-0.15, -0.1) is 0 Å². The summed E-state index contributed by atoms with van der Waals surface area (Å²) in [6.45, 7) is 3.91. The molecular weight excluding hydrogens is 202 g/mol. The molecule has 0 spiro atoms. The van der Waals surface area contributed by atoms with Crippen LogP contribution in [0.15, 0.2) is 30.3 Å². The fourth-order valence-corrected chi connectivity index (χ4v) is 1.60. The number of carbonyl (C=O) groups excluding carboxylic acids is 1. The van der Waals surface area contributed by atoms with Gasteiger partial charge in [0.25, 0.3) is 5.91 Å². The third kappa shape index (κ3) is 2.35. The Hall–Kier alpha value is -1.51. The molecule has 0 aliphatic heterocycles. The smallest absolute Gasteiger partial charge is 0.264 e. The molecule has 16 heavy (non-hydrogen) atoms. The maximum Gasteiger partial charge on any atom is 0.264 e. The van der Waals surface area contributed by atoms with Crippen molar-refractivity contribution in [1.29, 1.82) is 0 Å². The van der Waals surface area contributed by atoms with Gasteiger partial charge in [-0.1, -0.05) is 18.2 Å². The molecule has 1 N–H and O–H groups in total. The molecule has 0 unspecified atom stereocenters. The van der Waals surface area contributed by atoms with Crippen LogP contribution in [-0.4, -0.2) is 17.6 Å². The molecule has 0 bridgehead atoms. The highest BCUT2D eigenvalue weighted by molar-refractivity contribution is 5.88. The van der Waals surface area contributed by atoms with Crippen molar-refractivity contribution in [2.24, 2.45) is 0 Å². The average Bonchev–Trinajstić information content (AvgIpc) is 2.99. The van der Waals surface area contributed by atoms with Gasteiger partial charge in [0.05, 0.1) is 0 Å². The van der Waals surface area contributed by atoms with Gasteiger partial charge in [0.1, 0.15) is 5.75 Å². The van der Waals surface area contributed by atoms with Gasteiger partial charge in [0, 0.05) is 18.9 Å². The quantitative estimate of drug-likeness (QED) is 0.842. The van der Waals surface area contributed by atoms with Crippen molar-refractivity contribution >= 4 is 5.91 Å². The van der Waals surface area contributed by atoms with E-state index in [4.69, 9.17) is 4.74 Å². The SMILES string of the molecule is CC(C)NC(=O)C1(Oc2ccccc2)CC1. The van der Waals surface area contributed by atoms with Crippen molar-refractivity contribution in [2.45, 2.75) is 38.3 Å². The van der Waals surface area contributed by atoms with Crippen LogP contribution >= 0.6 is 0 Å². The summed E-state index contributed by atoms with van der Waals surface area (Å²) in [5.74, 6) is 0.769. The van der Waals surface area contributed by atoms with E-state index in [0.29, 0.717) is 0 Å². The molecule has 0 heterocycles. The number of benzene rings is 1. The minimum absolute atomic E-state index is 0.00588. The number of hydrogen-bond donors (Lipinski definition) is 1. The lowest BCUT2D eigenvalue weighted by Gasteiger charge is -2.19. The molecule has 1 aliphatic rings. The maximum atomic E-state index is 11.9. The predicted molar refractivity (Wildman–Crippen MR) is 62.3 cm³/mol. The molecular formula is C13H17NO2. The summed E-state index contributed by atoms with van der Waals surface area (Å²) in [5.41, 5.74) is -0.606. The second-order valence-corrected chi connectivity index (χ2v) is 4.54. The van der Waals surface area contributed by atoms with Crippen LogP contribution in [0.5, 0.6) is 5.75 Å². The molecule has 1 aromatic carbocycles.